The normalized spacial score (nSPS) is 10.9. The van der Waals surface area contributed by atoms with Crippen LogP contribution >= 0.6 is 15.9 Å². The number of methoxy groups -OCH3 is 1. The molecule has 0 aliphatic carbocycles. The Labute approximate surface area is 128 Å². The zero-order chi connectivity index (χ0) is 14.9. The summed E-state index contributed by atoms with van der Waals surface area (Å²) in [4.78, 5) is 4.72. The van der Waals surface area contributed by atoms with Crippen LogP contribution in [0.4, 0.5) is 0 Å². The fourth-order valence-electron chi connectivity index (χ4n) is 2.45. The van der Waals surface area contributed by atoms with Crippen molar-refractivity contribution in [3.8, 4) is 17.0 Å². The fraction of sp³-hybridized carbons (Fsp3) is 0.400. The molecule has 1 aromatic heterocycles. The van der Waals surface area contributed by atoms with Crippen LogP contribution in [0.25, 0.3) is 11.3 Å². The van der Waals surface area contributed by atoms with Gasteiger partial charge in [-0.15, -0.1) is 0 Å². The lowest BCUT2D eigenvalue weighted by molar-refractivity contribution is 0.413. The van der Waals surface area contributed by atoms with E-state index in [-0.39, 0.29) is 0 Å². The molecular weight excluding hydrogens is 318 g/mol. The highest BCUT2D eigenvalue weighted by Gasteiger charge is 2.18. The Kier molecular flexibility index (Phi) is 4.50. The van der Waals surface area contributed by atoms with Gasteiger partial charge in [-0.2, -0.15) is 0 Å². The van der Waals surface area contributed by atoms with E-state index in [0.29, 0.717) is 6.54 Å². The Morgan fingerprint density at radius 2 is 2.05 bits per heavy atom. The van der Waals surface area contributed by atoms with Gasteiger partial charge in [-0.25, -0.2) is 4.98 Å². The minimum Gasteiger partial charge on any atom is -0.496 e. The Morgan fingerprint density at radius 3 is 2.65 bits per heavy atom. The van der Waals surface area contributed by atoms with Crippen LogP contribution in [0.3, 0.4) is 0 Å². The Balaban J connectivity index is 2.65. The molecule has 0 bridgehead atoms. The highest BCUT2D eigenvalue weighted by molar-refractivity contribution is 9.10. The van der Waals surface area contributed by atoms with Crippen LogP contribution in [0, 0.1) is 13.8 Å². The number of imidazole rings is 1. The second kappa shape index (κ2) is 5.97. The van der Waals surface area contributed by atoms with Crippen LogP contribution in [0.1, 0.15) is 17.0 Å². The third-order valence-electron chi connectivity index (χ3n) is 3.36. The first-order valence-corrected chi connectivity index (χ1v) is 7.35. The average molecular weight is 338 g/mol. The van der Waals surface area contributed by atoms with Crippen LogP contribution in [0.15, 0.2) is 16.7 Å². The highest BCUT2D eigenvalue weighted by Crippen LogP contribution is 2.37. The molecule has 20 heavy (non-hydrogen) atoms. The summed E-state index contributed by atoms with van der Waals surface area (Å²) in [5.74, 6) is 1.84. The van der Waals surface area contributed by atoms with Crippen LogP contribution in [0.2, 0.25) is 0 Å². The molecule has 0 unspecified atom stereocenters. The van der Waals surface area contributed by atoms with E-state index in [1.807, 2.05) is 18.5 Å². The van der Waals surface area contributed by atoms with Gasteiger partial charge in [0.05, 0.1) is 7.11 Å². The molecule has 5 heteroatoms. The van der Waals surface area contributed by atoms with Crippen molar-refractivity contribution in [2.75, 3.05) is 13.7 Å². The van der Waals surface area contributed by atoms with E-state index in [1.54, 1.807) is 7.11 Å². The molecule has 0 saturated carbocycles. The largest absolute Gasteiger partial charge is 0.496 e. The highest BCUT2D eigenvalue weighted by atomic mass is 79.9. The smallest absolute Gasteiger partial charge is 0.131 e. The van der Waals surface area contributed by atoms with Gasteiger partial charge in [0.15, 0.2) is 0 Å². The van der Waals surface area contributed by atoms with Gasteiger partial charge in [0.1, 0.15) is 21.9 Å². The van der Waals surface area contributed by atoms with E-state index in [0.717, 1.165) is 39.4 Å². The summed E-state index contributed by atoms with van der Waals surface area (Å²) in [6, 6.07) is 4.21. The molecule has 0 amide bonds. The molecule has 108 valence electrons. The SMILES string of the molecule is COc1c(C)cc(C)cc1-c1nc(CCN)n(C)c1Br. The van der Waals surface area contributed by atoms with Crippen molar-refractivity contribution in [2.24, 2.45) is 12.8 Å². The number of nitrogens with two attached hydrogens (primary N) is 1. The van der Waals surface area contributed by atoms with Gasteiger partial charge in [-0.1, -0.05) is 6.07 Å². The van der Waals surface area contributed by atoms with Gasteiger partial charge in [0.25, 0.3) is 0 Å². The van der Waals surface area contributed by atoms with Crippen LogP contribution in [0.5, 0.6) is 5.75 Å². The zero-order valence-corrected chi connectivity index (χ0v) is 13.9. The number of hydrogen-bond donors (Lipinski definition) is 1. The summed E-state index contributed by atoms with van der Waals surface area (Å²) in [6.45, 7) is 4.71. The maximum atomic E-state index is 5.64. The molecule has 1 heterocycles. The molecule has 0 saturated heterocycles. The van der Waals surface area contributed by atoms with Gasteiger partial charge in [-0.3, -0.25) is 0 Å². The standard InChI is InChI=1S/C15H20BrN3O/c1-9-7-10(2)14(20-4)11(8-9)13-15(16)19(3)12(18-13)5-6-17/h7-8H,5-6,17H2,1-4H3. The second-order valence-electron chi connectivity index (χ2n) is 4.93. The zero-order valence-electron chi connectivity index (χ0n) is 12.3. The number of ether oxygens (including phenoxy) is 1. The number of halogens is 1. The summed E-state index contributed by atoms with van der Waals surface area (Å²) < 4.78 is 8.53. The van der Waals surface area contributed by atoms with E-state index < -0.39 is 0 Å². The topological polar surface area (TPSA) is 53.1 Å². The monoisotopic (exact) mass is 337 g/mol. The maximum Gasteiger partial charge on any atom is 0.131 e. The Bertz CT molecular complexity index is 635. The minimum atomic E-state index is 0.584. The van der Waals surface area contributed by atoms with Crippen molar-refractivity contribution in [1.82, 2.24) is 9.55 Å². The lowest BCUT2D eigenvalue weighted by Crippen LogP contribution is -2.07. The minimum absolute atomic E-state index is 0.584. The average Bonchev–Trinajstić information content (AvgIpc) is 2.67. The molecule has 0 spiro atoms. The van der Waals surface area contributed by atoms with E-state index in [2.05, 4.69) is 35.0 Å². The number of aromatic nitrogens is 2. The summed E-state index contributed by atoms with van der Waals surface area (Å²) in [5.41, 5.74) is 9.85. The van der Waals surface area contributed by atoms with Crippen LogP contribution in [-0.2, 0) is 13.5 Å². The van der Waals surface area contributed by atoms with Crippen LogP contribution in [-0.4, -0.2) is 23.2 Å². The lowest BCUT2D eigenvalue weighted by Gasteiger charge is -2.11. The molecule has 2 aromatic rings. The molecule has 1 aromatic carbocycles. The van der Waals surface area contributed by atoms with Crippen molar-refractivity contribution in [3.63, 3.8) is 0 Å². The molecule has 2 rings (SSSR count). The first-order chi connectivity index (χ1) is 9.49. The van der Waals surface area contributed by atoms with E-state index in [9.17, 15) is 0 Å². The molecule has 2 N–H and O–H groups in total. The predicted molar refractivity (Wildman–Crippen MR) is 85.1 cm³/mol. The number of benzene rings is 1. The van der Waals surface area contributed by atoms with E-state index in [4.69, 9.17) is 15.5 Å². The van der Waals surface area contributed by atoms with Gasteiger partial charge in [0, 0.05) is 19.0 Å². The van der Waals surface area contributed by atoms with E-state index in [1.165, 1.54) is 5.56 Å². The number of hydrogen-bond acceptors (Lipinski definition) is 3. The van der Waals surface area contributed by atoms with Crippen molar-refractivity contribution in [3.05, 3.63) is 33.7 Å². The summed E-state index contributed by atoms with van der Waals surface area (Å²) >= 11 is 3.62. The maximum absolute atomic E-state index is 5.64. The third-order valence-corrected chi connectivity index (χ3v) is 4.27. The molecule has 0 radical (unpaired) electrons. The van der Waals surface area contributed by atoms with Gasteiger partial charge in [-0.05, 0) is 53.5 Å². The summed E-state index contributed by atoms with van der Waals surface area (Å²) in [5, 5.41) is 0. The van der Waals surface area contributed by atoms with Gasteiger partial charge >= 0.3 is 0 Å². The van der Waals surface area contributed by atoms with Crippen molar-refractivity contribution in [2.45, 2.75) is 20.3 Å². The van der Waals surface area contributed by atoms with Gasteiger partial charge in [0.2, 0.25) is 0 Å². The van der Waals surface area contributed by atoms with E-state index >= 15 is 0 Å². The third kappa shape index (κ3) is 2.60. The number of nitrogens with zero attached hydrogens (tertiary/aromatic N) is 2. The van der Waals surface area contributed by atoms with Crippen molar-refractivity contribution < 1.29 is 4.74 Å². The molecule has 0 aliphatic heterocycles. The van der Waals surface area contributed by atoms with Gasteiger partial charge < -0.3 is 15.0 Å². The second-order valence-corrected chi connectivity index (χ2v) is 5.68. The lowest BCUT2D eigenvalue weighted by atomic mass is 10.0. The predicted octanol–water partition coefficient (Wildman–Crippen LogP) is 2.98. The Morgan fingerprint density at radius 1 is 1.35 bits per heavy atom. The Hall–Kier alpha value is -1.33. The number of rotatable bonds is 4. The van der Waals surface area contributed by atoms with Crippen LogP contribution < -0.4 is 10.5 Å². The summed E-state index contributed by atoms with van der Waals surface area (Å²) in [7, 11) is 3.68. The molecule has 4 nitrogen and oxygen atoms in total. The number of aryl methyl sites for hydroxylation is 2. The quantitative estimate of drug-likeness (QED) is 0.932. The van der Waals surface area contributed by atoms with Crippen molar-refractivity contribution >= 4 is 15.9 Å². The fourth-order valence-corrected chi connectivity index (χ4v) is 2.95. The first-order valence-electron chi connectivity index (χ1n) is 6.56. The first kappa shape index (κ1) is 15.1. The molecule has 0 atom stereocenters. The molecule has 0 aliphatic rings. The molecular formula is C15H20BrN3O. The van der Waals surface area contributed by atoms with Crippen molar-refractivity contribution in [1.29, 1.82) is 0 Å². The summed E-state index contributed by atoms with van der Waals surface area (Å²) in [6.07, 6.45) is 0.752. The molecule has 0 fully saturated rings.